The van der Waals surface area contributed by atoms with Gasteiger partial charge in [-0.3, -0.25) is 0 Å². The summed E-state index contributed by atoms with van der Waals surface area (Å²) in [6, 6.07) is 0. The van der Waals surface area contributed by atoms with Crippen LogP contribution >= 0.6 is 0 Å². The van der Waals surface area contributed by atoms with E-state index in [0.717, 1.165) is 11.3 Å². The zero-order valence-electron chi connectivity index (χ0n) is 4.39. The summed E-state index contributed by atoms with van der Waals surface area (Å²) in [4.78, 5) is 10.5. The predicted molar refractivity (Wildman–Crippen MR) is 25.7 cm³/mol. The van der Waals surface area contributed by atoms with Crippen LogP contribution in [0.25, 0.3) is 0 Å². The van der Waals surface area contributed by atoms with Crippen molar-refractivity contribution in [3.05, 3.63) is 11.3 Å². The summed E-state index contributed by atoms with van der Waals surface area (Å²) in [5.74, 6) is -0.177. The van der Waals surface area contributed by atoms with Gasteiger partial charge in [0, 0.05) is 0 Å². The van der Waals surface area contributed by atoms with Crippen molar-refractivity contribution in [3.8, 4) is 0 Å². The number of esters is 1. The fourth-order valence-electron chi connectivity index (χ4n) is 0.798. The van der Waals surface area contributed by atoms with Crippen molar-refractivity contribution in [2.75, 3.05) is 0 Å². The van der Waals surface area contributed by atoms with E-state index in [1.165, 1.54) is 0 Å². The van der Waals surface area contributed by atoms with Crippen molar-refractivity contribution < 1.29 is 9.53 Å². The maximum Gasteiger partial charge on any atom is 0.337 e. The standard InChI is InChI=1S/C5H5NO2/c1-2-3-4(6-3)8-5(2)7/h4,6H,1H3. The molecule has 0 amide bonds. The molecule has 2 rings (SSSR count). The van der Waals surface area contributed by atoms with Crippen LogP contribution in [0.1, 0.15) is 6.92 Å². The number of nitrogens with one attached hydrogen (secondary N) is 1. The largest absolute Gasteiger partial charge is 0.432 e. The maximum atomic E-state index is 10.5. The van der Waals surface area contributed by atoms with E-state index in [1.807, 2.05) is 0 Å². The molecule has 3 nitrogen and oxygen atoms in total. The third-order valence-corrected chi connectivity index (χ3v) is 1.40. The third-order valence-electron chi connectivity index (χ3n) is 1.40. The Kier molecular flexibility index (Phi) is 0.440. The van der Waals surface area contributed by atoms with Gasteiger partial charge in [0.1, 0.15) is 0 Å². The number of fused-ring (bicyclic) bond motifs is 1. The Morgan fingerprint density at radius 2 is 2.50 bits per heavy atom. The lowest BCUT2D eigenvalue weighted by molar-refractivity contribution is -0.138. The quantitative estimate of drug-likeness (QED) is 0.346. The summed E-state index contributed by atoms with van der Waals surface area (Å²) in [7, 11) is 0. The average Bonchev–Trinajstić information content (AvgIpc) is 2.39. The van der Waals surface area contributed by atoms with Crippen LogP contribution in [0.15, 0.2) is 11.3 Å². The van der Waals surface area contributed by atoms with Crippen LogP contribution in [0.4, 0.5) is 0 Å². The monoisotopic (exact) mass is 111 g/mol. The van der Waals surface area contributed by atoms with Gasteiger partial charge in [-0.15, -0.1) is 0 Å². The lowest BCUT2D eigenvalue weighted by Crippen LogP contribution is -2.06. The van der Waals surface area contributed by atoms with E-state index in [0.29, 0.717) is 0 Å². The third kappa shape index (κ3) is 0.278. The normalized spacial score (nSPS) is 31.6. The van der Waals surface area contributed by atoms with Crippen molar-refractivity contribution in [3.63, 3.8) is 0 Å². The molecule has 0 bridgehead atoms. The van der Waals surface area contributed by atoms with E-state index in [9.17, 15) is 4.79 Å². The van der Waals surface area contributed by atoms with Gasteiger partial charge in [-0.2, -0.15) is 0 Å². The Morgan fingerprint density at radius 3 is 2.75 bits per heavy atom. The van der Waals surface area contributed by atoms with Crippen molar-refractivity contribution in [1.82, 2.24) is 5.32 Å². The number of ether oxygens (including phenoxy) is 1. The molecule has 0 spiro atoms. The van der Waals surface area contributed by atoms with Gasteiger partial charge in [0.05, 0.1) is 11.3 Å². The van der Waals surface area contributed by atoms with Gasteiger partial charge in [0.25, 0.3) is 0 Å². The average molecular weight is 111 g/mol. The second kappa shape index (κ2) is 0.891. The molecule has 1 N–H and O–H groups in total. The molecule has 2 aliphatic rings. The van der Waals surface area contributed by atoms with E-state index in [2.05, 4.69) is 5.32 Å². The van der Waals surface area contributed by atoms with E-state index < -0.39 is 0 Å². The Balaban J connectivity index is 2.45. The number of rotatable bonds is 0. The molecule has 0 aromatic rings. The van der Waals surface area contributed by atoms with Crippen LogP contribution in [-0.4, -0.2) is 12.2 Å². The maximum absolute atomic E-state index is 10.5. The van der Waals surface area contributed by atoms with Gasteiger partial charge >= 0.3 is 5.97 Å². The Bertz CT molecular complexity index is 195. The first-order chi connectivity index (χ1) is 3.79. The Morgan fingerprint density at radius 1 is 1.75 bits per heavy atom. The molecular weight excluding hydrogens is 106 g/mol. The minimum Gasteiger partial charge on any atom is -0.432 e. The Labute approximate surface area is 46.3 Å². The lowest BCUT2D eigenvalue weighted by atomic mass is 10.3. The molecule has 0 saturated carbocycles. The van der Waals surface area contributed by atoms with Crippen LogP contribution in [-0.2, 0) is 9.53 Å². The molecule has 0 aliphatic carbocycles. The topological polar surface area (TPSA) is 48.2 Å². The highest BCUT2D eigenvalue weighted by atomic mass is 16.6. The molecule has 0 radical (unpaired) electrons. The van der Waals surface area contributed by atoms with Crippen LogP contribution in [0.3, 0.4) is 0 Å². The molecule has 1 fully saturated rings. The summed E-state index contributed by atoms with van der Waals surface area (Å²) >= 11 is 0. The molecular formula is C5H5NO2. The molecule has 1 unspecified atom stereocenters. The van der Waals surface area contributed by atoms with Gasteiger partial charge in [-0.25, -0.2) is 4.79 Å². The van der Waals surface area contributed by atoms with Gasteiger partial charge in [0.15, 0.2) is 0 Å². The van der Waals surface area contributed by atoms with E-state index in [-0.39, 0.29) is 12.2 Å². The number of carbonyl (C=O) groups excluding carboxylic acids is 1. The van der Waals surface area contributed by atoms with Gasteiger partial charge < -0.3 is 10.1 Å². The molecule has 1 atom stereocenters. The molecule has 1 saturated heterocycles. The molecule has 2 aliphatic heterocycles. The summed E-state index contributed by atoms with van der Waals surface area (Å²) in [5.41, 5.74) is 1.70. The minimum absolute atomic E-state index is 0.0532. The number of hydrogen-bond donors (Lipinski definition) is 1. The molecule has 42 valence electrons. The Hall–Kier alpha value is -0.990. The zero-order chi connectivity index (χ0) is 5.72. The van der Waals surface area contributed by atoms with Crippen molar-refractivity contribution >= 4 is 5.97 Å². The van der Waals surface area contributed by atoms with Crippen molar-refractivity contribution in [1.29, 1.82) is 0 Å². The van der Waals surface area contributed by atoms with Crippen molar-refractivity contribution in [2.24, 2.45) is 0 Å². The van der Waals surface area contributed by atoms with Crippen molar-refractivity contribution in [2.45, 2.75) is 13.2 Å². The zero-order valence-corrected chi connectivity index (χ0v) is 4.39. The molecule has 0 aromatic heterocycles. The first kappa shape index (κ1) is 3.95. The molecule has 2 heterocycles. The summed E-state index contributed by atoms with van der Waals surface area (Å²) in [5, 5.41) is 2.88. The molecule has 3 heteroatoms. The van der Waals surface area contributed by atoms with E-state index in [4.69, 9.17) is 4.74 Å². The van der Waals surface area contributed by atoms with E-state index in [1.54, 1.807) is 6.92 Å². The van der Waals surface area contributed by atoms with Crippen LogP contribution in [0, 0.1) is 0 Å². The fraction of sp³-hybridized carbons (Fsp3) is 0.400. The minimum atomic E-state index is -0.177. The molecule has 8 heavy (non-hydrogen) atoms. The lowest BCUT2D eigenvalue weighted by Gasteiger charge is -1.92. The van der Waals surface area contributed by atoms with Gasteiger partial charge in [-0.05, 0) is 6.92 Å². The van der Waals surface area contributed by atoms with Gasteiger partial charge in [-0.1, -0.05) is 0 Å². The first-order valence-electron chi connectivity index (χ1n) is 2.47. The summed E-state index contributed by atoms with van der Waals surface area (Å²) in [6.07, 6.45) is -0.0532. The van der Waals surface area contributed by atoms with E-state index >= 15 is 0 Å². The van der Waals surface area contributed by atoms with Crippen LogP contribution in [0.5, 0.6) is 0 Å². The molecule has 0 aromatic carbocycles. The second-order valence-corrected chi connectivity index (χ2v) is 1.97. The van der Waals surface area contributed by atoms with Crippen LogP contribution < -0.4 is 5.32 Å². The highest BCUT2D eigenvalue weighted by Crippen LogP contribution is 2.29. The highest BCUT2D eigenvalue weighted by molar-refractivity contribution is 5.93. The fourth-order valence-corrected chi connectivity index (χ4v) is 0.798. The predicted octanol–water partition coefficient (Wildman–Crippen LogP) is -0.254. The smallest absolute Gasteiger partial charge is 0.337 e. The van der Waals surface area contributed by atoms with Crippen LogP contribution in [0.2, 0.25) is 0 Å². The summed E-state index contributed by atoms with van der Waals surface area (Å²) in [6.45, 7) is 1.76. The summed E-state index contributed by atoms with van der Waals surface area (Å²) < 4.78 is 4.72. The second-order valence-electron chi connectivity index (χ2n) is 1.97. The first-order valence-corrected chi connectivity index (χ1v) is 2.47. The highest BCUT2D eigenvalue weighted by Gasteiger charge is 2.43. The number of carbonyl (C=O) groups is 1. The van der Waals surface area contributed by atoms with Gasteiger partial charge in [0.2, 0.25) is 6.23 Å². The SMILES string of the molecule is CC1=C2NC2OC1=O. The number of hydrogen-bond acceptors (Lipinski definition) is 3.